The van der Waals surface area contributed by atoms with Crippen molar-refractivity contribution in [1.29, 1.82) is 0 Å². The third-order valence-corrected chi connectivity index (χ3v) is 4.49. The van der Waals surface area contributed by atoms with E-state index in [1.54, 1.807) is 0 Å². The zero-order valence-electron chi connectivity index (χ0n) is 12.4. The normalized spacial score (nSPS) is 27.3. The van der Waals surface area contributed by atoms with Gasteiger partial charge in [-0.2, -0.15) is 0 Å². The molecule has 2 heterocycles. The van der Waals surface area contributed by atoms with Crippen LogP contribution >= 0.6 is 0 Å². The highest BCUT2D eigenvalue weighted by Gasteiger charge is 2.34. The van der Waals surface area contributed by atoms with Crippen LogP contribution in [-0.2, 0) is 11.3 Å². The average Bonchev–Trinajstić information content (AvgIpc) is 2.47. The van der Waals surface area contributed by atoms with Crippen LogP contribution in [0.25, 0.3) is 0 Å². The first-order valence-electron chi connectivity index (χ1n) is 7.49. The molecule has 1 saturated heterocycles. The van der Waals surface area contributed by atoms with E-state index in [0.29, 0.717) is 12.1 Å². The lowest BCUT2D eigenvalue weighted by molar-refractivity contribution is -0.0434. The molecular formula is C18H23NO. The minimum absolute atomic E-state index is 0.424. The molecule has 2 aliphatic rings. The minimum atomic E-state index is 0.424. The van der Waals surface area contributed by atoms with Crippen molar-refractivity contribution in [1.82, 2.24) is 4.90 Å². The highest BCUT2D eigenvalue weighted by atomic mass is 16.5. The van der Waals surface area contributed by atoms with Gasteiger partial charge in [-0.05, 0) is 31.4 Å². The third-order valence-electron chi connectivity index (χ3n) is 4.49. The van der Waals surface area contributed by atoms with Gasteiger partial charge in [0, 0.05) is 12.6 Å². The van der Waals surface area contributed by atoms with E-state index in [4.69, 9.17) is 4.74 Å². The van der Waals surface area contributed by atoms with Crippen LogP contribution in [-0.4, -0.2) is 30.2 Å². The Morgan fingerprint density at radius 1 is 1.30 bits per heavy atom. The van der Waals surface area contributed by atoms with Crippen LogP contribution in [0.4, 0.5) is 0 Å². The molecule has 2 bridgehead atoms. The number of ether oxygens (including phenoxy) is 1. The molecule has 1 aromatic carbocycles. The molecule has 0 amide bonds. The fourth-order valence-corrected chi connectivity index (χ4v) is 3.18. The van der Waals surface area contributed by atoms with Gasteiger partial charge in [-0.1, -0.05) is 48.1 Å². The standard InChI is InChI=1S/C18H23NO/c1-3-14(2)16-9-17-12-20-13-18(10-16)19(17)11-15-7-5-4-6-8-15/h3-9,17-18H,10-13H2,1-2H3. The summed E-state index contributed by atoms with van der Waals surface area (Å²) < 4.78 is 5.76. The smallest absolute Gasteiger partial charge is 0.0658 e. The summed E-state index contributed by atoms with van der Waals surface area (Å²) in [4.78, 5) is 2.60. The molecule has 1 fully saturated rings. The Balaban J connectivity index is 1.81. The Labute approximate surface area is 121 Å². The van der Waals surface area contributed by atoms with E-state index in [0.717, 1.165) is 26.2 Å². The molecule has 1 aromatic rings. The monoisotopic (exact) mass is 269 g/mol. The van der Waals surface area contributed by atoms with Crippen molar-refractivity contribution in [3.63, 3.8) is 0 Å². The van der Waals surface area contributed by atoms with Gasteiger partial charge in [-0.15, -0.1) is 0 Å². The van der Waals surface area contributed by atoms with Gasteiger partial charge in [-0.3, -0.25) is 4.90 Å². The number of benzene rings is 1. The van der Waals surface area contributed by atoms with Crippen molar-refractivity contribution in [2.75, 3.05) is 13.2 Å². The fraction of sp³-hybridized carbons (Fsp3) is 0.444. The summed E-state index contributed by atoms with van der Waals surface area (Å²) in [6, 6.07) is 11.7. The van der Waals surface area contributed by atoms with Crippen LogP contribution in [0.1, 0.15) is 25.8 Å². The molecule has 0 radical (unpaired) electrons. The number of hydrogen-bond acceptors (Lipinski definition) is 2. The molecule has 0 spiro atoms. The summed E-state index contributed by atoms with van der Waals surface area (Å²) in [6.07, 6.45) is 5.74. The van der Waals surface area contributed by atoms with Gasteiger partial charge >= 0.3 is 0 Å². The molecule has 2 aliphatic heterocycles. The first kappa shape index (κ1) is 13.6. The molecule has 0 aliphatic carbocycles. The predicted molar refractivity (Wildman–Crippen MR) is 82.5 cm³/mol. The molecule has 2 atom stereocenters. The maximum atomic E-state index is 5.76. The highest BCUT2D eigenvalue weighted by Crippen LogP contribution is 2.31. The molecule has 2 unspecified atom stereocenters. The maximum absolute atomic E-state index is 5.76. The van der Waals surface area contributed by atoms with Crippen molar-refractivity contribution in [2.24, 2.45) is 0 Å². The van der Waals surface area contributed by atoms with Crippen molar-refractivity contribution < 1.29 is 4.74 Å². The van der Waals surface area contributed by atoms with Crippen LogP contribution < -0.4 is 0 Å². The summed E-state index contributed by atoms with van der Waals surface area (Å²) in [6.45, 7) is 7.05. The second kappa shape index (κ2) is 5.94. The number of morpholine rings is 1. The highest BCUT2D eigenvalue weighted by molar-refractivity contribution is 5.33. The molecule has 0 saturated carbocycles. The number of nitrogens with zero attached hydrogens (tertiary/aromatic N) is 1. The van der Waals surface area contributed by atoms with Gasteiger partial charge in [0.1, 0.15) is 0 Å². The van der Waals surface area contributed by atoms with E-state index in [1.165, 1.54) is 16.7 Å². The fourth-order valence-electron chi connectivity index (χ4n) is 3.18. The molecule has 0 N–H and O–H groups in total. The van der Waals surface area contributed by atoms with Crippen LogP contribution in [0, 0.1) is 0 Å². The largest absolute Gasteiger partial charge is 0.378 e. The van der Waals surface area contributed by atoms with Crippen LogP contribution in [0.15, 0.2) is 53.6 Å². The summed E-state index contributed by atoms with van der Waals surface area (Å²) >= 11 is 0. The average molecular weight is 269 g/mol. The van der Waals surface area contributed by atoms with Gasteiger partial charge < -0.3 is 4.74 Å². The van der Waals surface area contributed by atoms with Gasteiger partial charge in [-0.25, -0.2) is 0 Å². The topological polar surface area (TPSA) is 12.5 Å². The Hall–Kier alpha value is -1.38. The van der Waals surface area contributed by atoms with Crippen molar-refractivity contribution in [3.05, 3.63) is 59.2 Å². The molecule has 2 nitrogen and oxygen atoms in total. The van der Waals surface area contributed by atoms with E-state index in [2.05, 4.69) is 61.2 Å². The second-order valence-electron chi connectivity index (χ2n) is 5.78. The molecule has 3 rings (SSSR count). The molecule has 20 heavy (non-hydrogen) atoms. The summed E-state index contributed by atoms with van der Waals surface area (Å²) in [5.41, 5.74) is 4.32. The number of fused-ring (bicyclic) bond motifs is 2. The Morgan fingerprint density at radius 3 is 2.80 bits per heavy atom. The van der Waals surface area contributed by atoms with Crippen molar-refractivity contribution in [3.8, 4) is 0 Å². The number of rotatable bonds is 3. The third kappa shape index (κ3) is 2.72. The first-order chi connectivity index (χ1) is 9.78. The van der Waals surface area contributed by atoms with Crippen LogP contribution in [0.2, 0.25) is 0 Å². The van der Waals surface area contributed by atoms with Gasteiger partial charge in [0.25, 0.3) is 0 Å². The minimum Gasteiger partial charge on any atom is -0.378 e. The van der Waals surface area contributed by atoms with Crippen LogP contribution in [0.5, 0.6) is 0 Å². The van der Waals surface area contributed by atoms with Crippen LogP contribution in [0.3, 0.4) is 0 Å². The lowest BCUT2D eigenvalue weighted by Crippen LogP contribution is -2.53. The lowest BCUT2D eigenvalue weighted by atomic mass is 9.89. The SMILES string of the molecule is CC=C(C)C1=CC2COCC(C1)N2Cc1ccccc1. The molecule has 0 aromatic heterocycles. The molecular weight excluding hydrogens is 246 g/mol. The maximum Gasteiger partial charge on any atom is 0.0658 e. The number of hydrogen-bond donors (Lipinski definition) is 0. The number of allylic oxidation sites excluding steroid dienone is 2. The zero-order chi connectivity index (χ0) is 13.9. The second-order valence-corrected chi connectivity index (χ2v) is 5.78. The zero-order valence-corrected chi connectivity index (χ0v) is 12.4. The first-order valence-corrected chi connectivity index (χ1v) is 7.49. The summed E-state index contributed by atoms with van der Waals surface area (Å²) in [5.74, 6) is 0. The van der Waals surface area contributed by atoms with Gasteiger partial charge in [0.05, 0.1) is 19.3 Å². The summed E-state index contributed by atoms with van der Waals surface area (Å²) in [5, 5.41) is 0. The van der Waals surface area contributed by atoms with Gasteiger partial charge in [0.15, 0.2) is 0 Å². The Morgan fingerprint density at radius 2 is 2.10 bits per heavy atom. The van der Waals surface area contributed by atoms with E-state index in [1.807, 2.05) is 0 Å². The van der Waals surface area contributed by atoms with Crippen molar-refractivity contribution >= 4 is 0 Å². The van der Waals surface area contributed by atoms with Crippen molar-refractivity contribution in [2.45, 2.75) is 38.9 Å². The molecule has 106 valence electrons. The Bertz CT molecular complexity index is 517. The lowest BCUT2D eigenvalue weighted by Gasteiger charge is -2.45. The Kier molecular flexibility index (Phi) is 4.04. The van der Waals surface area contributed by atoms with Gasteiger partial charge in [0.2, 0.25) is 0 Å². The van der Waals surface area contributed by atoms with E-state index in [9.17, 15) is 0 Å². The van der Waals surface area contributed by atoms with E-state index >= 15 is 0 Å². The quantitative estimate of drug-likeness (QED) is 0.832. The van der Waals surface area contributed by atoms with E-state index < -0.39 is 0 Å². The molecule has 2 heteroatoms. The predicted octanol–water partition coefficient (Wildman–Crippen LogP) is 3.55. The summed E-state index contributed by atoms with van der Waals surface area (Å²) in [7, 11) is 0. The van der Waals surface area contributed by atoms with E-state index in [-0.39, 0.29) is 0 Å².